The number of esters is 2. The van der Waals surface area contributed by atoms with Crippen molar-refractivity contribution in [3.05, 3.63) is 105 Å². The summed E-state index contributed by atoms with van der Waals surface area (Å²) in [5, 5.41) is 2.31. The van der Waals surface area contributed by atoms with Crippen molar-refractivity contribution in [2.45, 2.75) is 440 Å². The average molecular weight is 1620 g/mol. The molecule has 2 amide bonds. The minimum atomic E-state index is -0.593. The second-order valence-electron chi connectivity index (χ2n) is 36.0. The highest BCUT2D eigenvalue weighted by Gasteiger charge is 2.46. The summed E-state index contributed by atoms with van der Waals surface area (Å²) >= 11 is 3.83. The fourth-order valence-corrected chi connectivity index (χ4v) is 21.5. The van der Waals surface area contributed by atoms with Gasteiger partial charge in [0.1, 0.15) is 11.5 Å². The van der Waals surface area contributed by atoms with Gasteiger partial charge >= 0.3 is 11.9 Å². The second kappa shape index (κ2) is 55.4. The molecule has 0 saturated heterocycles. The van der Waals surface area contributed by atoms with Gasteiger partial charge in [0.2, 0.25) is 0 Å². The van der Waals surface area contributed by atoms with Crippen LogP contribution >= 0.6 is 22.7 Å². The lowest BCUT2D eigenvalue weighted by Gasteiger charge is -2.25. The Morgan fingerprint density at radius 3 is 1.01 bits per heavy atom. The van der Waals surface area contributed by atoms with Gasteiger partial charge in [0.05, 0.1) is 33.7 Å². The number of carbonyl (C=O) groups excluding carboxylic acids is 4. The molecule has 0 radical (unpaired) electrons. The van der Waals surface area contributed by atoms with Gasteiger partial charge in [0, 0.05) is 50.0 Å². The van der Waals surface area contributed by atoms with E-state index in [4.69, 9.17) is 9.47 Å². The molecule has 0 saturated carbocycles. The van der Waals surface area contributed by atoms with Crippen molar-refractivity contribution in [2.24, 2.45) is 11.8 Å². The van der Waals surface area contributed by atoms with E-state index in [1.165, 1.54) is 353 Å². The van der Waals surface area contributed by atoms with Crippen LogP contribution in [0.2, 0.25) is 0 Å². The van der Waals surface area contributed by atoms with E-state index >= 15 is 14.4 Å². The number of fused-ring (bicyclic) bond motifs is 4. The highest BCUT2D eigenvalue weighted by Crippen LogP contribution is 2.54. The van der Waals surface area contributed by atoms with Gasteiger partial charge in [-0.2, -0.15) is 0 Å². The van der Waals surface area contributed by atoms with Gasteiger partial charge in [-0.3, -0.25) is 9.59 Å². The van der Waals surface area contributed by atoms with E-state index in [1.807, 2.05) is 51.8 Å². The summed E-state index contributed by atoms with van der Waals surface area (Å²) in [5.41, 5.74) is 9.14. The molecular weight excluding hydrogens is 1460 g/mol. The zero-order valence-corrected chi connectivity index (χ0v) is 76.1. The summed E-state index contributed by atoms with van der Waals surface area (Å²) in [6.45, 7) is 14.9. The SMILES string of the molecule is CCCCCCCCCCCCc1cc(-c2sccc2CCCCCCCCCCCC)sc1-c1ccc2c(c1)N(CC(CCCCCCCCCC)CCCCCCCCCCCC)C(=O)/C2=C1/C(=O)Oc2cc3c(cc21)OC(=O)/C3=C1\C(=O)N(CC(CCCCCCCCCC)CCCCCCCCCCCC)c2ccccc21. The first-order valence-corrected chi connectivity index (χ1v) is 51.0. The number of hydrogen-bond donors (Lipinski definition) is 0. The third kappa shape index (κ3) is 29.9. The van der Waals surface area contributed by atoms with E-state index in [0.29, 0.717) is 41.3 Å². The molecule has 8 nitrogen and oxygen atoms in total. The van der Waals surface area contributed by atoms with Gasteiger partial charge in [-0.15, -0.1) is 22.7 Å². The van der Waals surface area contributed by atoms with Crippen LogP contribution in [0.25, 0.3) is 42.5 Å². The number of hydrogen-bond acceptors (Lipinski definition) is 8. The molecule has 4 aliphatic rings. The monoisotopic (exact) mass is 1620 g/mol. The Hall–Kier alpha value is -5.58. The first-order chi connectivity index (χ1) is 57.1. The Bertz CT molecular complexity index is 3730. The highest BCUT2D eigenvalue weighted by molar-refractivity contribution is 7.23. The molecule has 116 heavy (non-hydrogen) atoms. The van der Waals surface area contributed by atoms with E-state index in [9.17, 15) is 4.79 Å². The summed E-state index contributed by atoms with van der Waals surface area (Å²) in [5.74, 6) is -0.387. The first kappa shape index (κ1) is 94.3. The average Bonchev–Trinajstić information content (AvgIpc) is 1.05. The van der Waals surface area contributed by atoms with E-state index in [1.54, 1.807) is 12.1 Å². The zero-order valence-electron chi connectivity index (χ0n) is 74.5. The van der Waals surface area contributed by atoms with Crippen molar-refractivity contribution in [3.8, 4) is 31.7 Å². The summed E-state index contributed by atoms with van der Waals surface area (Å²) in [6, 6.07) is 23.1. The summed E-state index contributed by atoms with van der Waals surface area (Å²) in [4.78, 5) is 69.9. The van der Waals surface area contributed by atoms with Gasteiger partial charge < -0.3 is 19.3 Å². The van der Waals surface area contributed by atoms with Crippen LogP contribution in [-0.2, 0) is 32.0 Å². The van der Waals surface area contributed by atoms with E-state index in [0.717, 1.165) is 98.7 Å². The van der Waals surface area contributed by atoms with Crippen molar-refractivity contribution in [3.63, 3.8) is 0 Å². The lowest BCUT2D eigenvalue weighted by atomic mass is 9.92. The minimum Gasteiger partial charge on any atom is -0.422 e. The number of anilines is 2. The van der Waals surface area contributed by atoms with Crippen molar-refractivity contribution < 1.29 is 28.7 Å². The van der Waals surface area contributed by atoms with Gasteiger partial charge in [-0.1, -0.05) is 419 Å². The molecule has 10 heteroatoms. The number of carbonyl (C=O) groups is 4. The van der Waals surface area contributed by atoms with Gasteiger partial charge in [0.15, 0.2) is 0 Å². The predicted octanol–water partition coefficient (Wildman–Crippen LogP) is 33.3. The highest BCUT2D eigenvalue weighted by atomic mass is 32.1. The molecule has 0 fully saturated rings. The summed E-state index contributed by atoms with van der Waals surface area (Å²) in [6.07, 6.45) is 78.5. The number of ether oxygens (including phenoxy) is 2. The quantitative estimate of drug-likeness (QED) is 0.0167. The number of para-hydroxylation sites is 1. The Kier molecular flexibility index (Phi) is 45.0. The first-order valence-electron chi connectivity index (χ1n) is 49.3. The van der Waals surface area contributed by atoms with Crippen molar-refractivity contribution in [1.29, 1.82) is 0 Å². The third-order valence-corrected chi connectivity index (χ3v) is 28.6. The van der Waals surface area contributed by atoms with Crippen LogP contribution in [0.15, 0.2) is 72.1 Å². The van der Waals surface area contributed by atoms with E-state index in [-0.39, 0.29) is 40.4 Å². The molecule has 3 aromatic carbocycles. The molecule has 0 spiro atoms. The normalized spacial score (nSPS) is 15.5. The molecule has 2 unspecified atom stereocenters. The summed E-state index contributed by atoms with van der Waals surface area (Å²) in [7, 11) is 0. The molecule has 5 aromatic rings. The second-order valence-corrected chi connectivity index (χ2v) is 38.0. The number of nitrogens with zero attached hydrogens (tertiary/aromatic N) is 2. The number of thiophene rings is 2. The molecule has 0 N–H and O–H groups in total. The number of unbranched alkanes of at least 4 members (excludes halogenated alkanes) is 50. The standard InChI is InChI=1S/C106H160N2O6S2/c1-7-13-19-25-31-37-41-47-53-58-66-83(65-57-51-45-35-29-23-17-11-5)81-107-92-72-64-63-71-88(92)97(103(107)109)99-90-79-95-91(80-94(90)113-105(99)111)100(106(112)114-95)98-89-74-73-87(77-93(89)108(104(98)110)82-84(67-59-52-46-36-30-24-18-12-6)68-60-54-48-42-38-32-26-20-14-8-2)101-86(70-62-56-50-44-40-34-28-22-16-10-4)78-96(116-101)102-85(75-76-115-102)69-61-55-49-43-39-33-27-21-15-9-3/h63-64,71-80,83-84H,7-62,65-70,81-82H2,1-6H3/b99-97-,100-98+. The van der Waals surface area contributed by atoms with Crippen LogP contribution in [0.5, 0.6) is 11.5 Å². The lowest BCUT2D eigenvalue weighted by Crippen LogP contribution is -2.32. The molecular formula is C106H160N2O6S2. The van der Waals surface area contributed by atoms with E-state index < -0.39 is 11.9 Å². The lowest BCUT2D eigenvalue weighted by molar-refractivity contribution is -0.127. The van der Waals surface area contributed by atoms with Crippen LogP contribution < -0.4 is 19.3 Å². The number of amides is 2. The van der Waals surface area contributed by atoms with Crippen LogP contribution in [0.1, 0.15) is 460 Å². The molecule has 642 valence electrons. The third-order valence-electron chi connectivity index (χ3n) is 26.3. The minimum absolute atomic E-state index is 0.170. The Morgan fingerprint density at radius 1 is 0.302 bits per heavy atom. The molecule has 6 heterocycles. The molecule has 2 aromatic heterocycles. The summed E-state index contributed by atoms with van der Waals surface area (Å²) < 4.78 is 12.7. The zero-order chi connectivity index (χ0) is 81.6. The smallest absolute Gasteiger partial charge is 0.345 e. The maximum Gasteiger partial charge on any atom is 0.345 e. The van der Waals surface area contributed by atoms with Crippen molar-refractivity contribution in [2.75, 3.05) is 22.9 Å². The van der Waals surface area contributed by atoms with Crippen LogP contribution in [-0.4, -0.2) is 36.8 Å². The van der Waals surface area contributed by atoms with Crippen LogP contribution in [0.3, 0.4) is 0 Å². The fraction of sp³-hybridized carbons (Fsp3) is 0.679. The molecule has 4 aliphatic heterocycles. The Balaban J connectivity index is 1.04. The van der Waals surface area contributed by atoms with Crippen molar-refractivity contribution in [1.82, 2.24) is 0 Å². The largest absolute Gasteiger partial charge is 0.422 e. The van der Waals surface area contributed by atoms with E-state index in [2.05, 4.69) is 82.2 Å². The van der Waals surface area contributed by atoms with Gasteiger partial charge in [0.25, 0.3) is 11.8 Å². The molecule has 9 rings (SSSR count). The van der Waals surface area contributed by atoms with Crippen LogP contribution in [0.4, 0.5) is 11.4 Å². The maximum atomic E-state index is 16.3. The van der Waals surface area contributed by atoms with Gasteiger partial charge in [-0.25, -0.2) is 9.59 Å². The van der Waals surface area contributed by atoms with Crippen molar-refractivity contribution >= 4 is 80.1 Å². The number of aryl methyl sites for hydroxylation is 2. The molecule has 0 aliphatic carbocycles. The topological polar surface area (TPSA) is 93.2 Å². The number of rotatable bonds is 68. The maximum absolute atomic E-state index is 16.3. The molecule has 0 bridgehead atoms. The molecule has 2 atom stereocenters. The predicted molar refractivity (Wildman–Crippen MR) is 501 cm³/mol. The van der Waals surface area contributed by atoms with Gasteiger partial charge in [-0.05, 0) is 122 Å². The fourth-order valence-electron chi connectivity index (χ4n) is 19.2. The number of benzene rings is 3. The Labute approximate surface area is 715 Å². The van der Waals surface area contributed by atoms with Crippen LogP contribution in [0, 0.1) is 11.8 Å². The Morgan fingerprint density at radius 2 is 0.629 bits per heavy atom.